The van der Waals surface area contributed by atoms with Crippen LogP contribution in [0.2, 0.25) is 0 Å². The van der Waals surface area contributed by atoms with Crippen molar-refractivity contribution < 1.29 is 58.4 Å². The van der Waals surface area contributed by atoms with Gasteiger partial charge in [0.2, 0.25) is 5.91 Å². The van der Waals surface area contributed by atoms with Crippen molar-refractivity contribution in [2.75, 3.05) is 33.0 Å². The second-order valence-corrected chi connectivity index (χ2v) is 14.0. The monoisotopic (exact) mass is 772 g/mol. The maximum atomic E-state index is 12.2. The molecule has 0 aliphatic heterocycles. The van der Waals surface area contributed by atoms with Crippen LogP contribution in [0.4, 0.5) is 0 Å². The van der Waals surface area contributed by atoms with Crippen molar-refractivity contribution in [3.63, 3.8) is 0 Å². The summed E-state index contributed by atoms with van der Waals surface area (Å²) in [7, 11) is 0. The highest BCUT2D eigenvalue weighted by atomic mass is 16.5. The molecule has 314 valence electrons. The molecule has 13 heteroatoms. The number of carbonyl (C=O) groups is 7. The number of hydrogen-bond acceptors (Lipinski definition) is 9. The minimum atomic E-state index is -1.03. The molecule has 0 aliphatic rings. The van der Waals surface area contributed by atoms with Gasteiger partial charge in [0.1, 0.15) is 17.3 Å². The Kier molecular flexibility index (Phi) is 37.3. The van der Waals surface area contributed by atoms with Crippen LogP contribution in [0.1, 0.15) is 175 Å². The van der Waals surface area contributed by atoms with Gasteiger partial charge in [0.25, 0.3) is 0 Å². The molecule has 0 heterocycles. The molecule has 0 saturated carbocycles. The molecule has 13 nitrogen and oxygen atoms in total. The third-order valence-corrected chi connectivity index (χ3v) is 9.07. The second kappa shape index (κ2) is 38.1. The number of rotatable bonds is 38. The number of carboxylic acid groups (broad SMARTS) is 3. The third-order valence-electron chi connectivity index (χ3n) is 9.07. The number of ketones is 3. The van der Waals surface area contributed by atoms with Gasteiger partial charge in [-0.2, -0.15) is 0 Å². The van der Waals surface area contributed by atoms with E-state index in [9.17, 15) is 38.7 Å². The lowest BCUT2D eigenvalue weighted by Crippen LogP contribution is -2.29. The van der Waals surface area contributed by atoms with E-state index in [4.69, 9.17) is 19.7 Å². The Morgan fingerprint density at radius 1 is 0.519 bits per heavy atom. The van der Waals surface area contributed by atoms with Crippen LogP contribution in [-0.4, -0.2) is 89.5 Å². The lowest BCUT2D eigenvalue weighted by Gasteiger charge is -2.12. The van der Waals surface area contributed by atoms with Gasteiger partial charge in [-0.1, -0.05) is 84.0 Å². The molecule has 0 radical (unpaired) electrons. The molecule has 0 aromatic rings. The van der Waals surface area contributed by atoms with Crippen molar-refractivity contribution in [3.8, 4) is 0 Å². The van der Waals surface area contributed by atoms with Crippen molar-refractivity contribution >= 4 is 41.2 Å². The van der Waals surface area contributed by atoms with Gasteiger partial charge >= 0.3 is 17.9 Å². The Morgan fingerprint density at radius 2 is 0.981 bits per heavy atom. The Morgan fingerprint density at radius 3 is 1.46 bits per heavy atom. The summed E-state index contributed by atoms with van der Waals surface area (Å²) in [6.07, 6.45) is 18.0. The van der Waals surface area contributed by atoms with E-state index in [0.29, 0.717) is 58.7 Å². The maximum Gasteiger partial charge on any atom is 0.306 e. The van der Waals surface area contributed by atoms with E-state index in [2.05, 4.69) is 5.32 Å². The average molecular weight is 772 g/mol. The van der Waals surface area contributed by atoms with Gasteiger partial charge in [0, 0.05) is 58.1 Å². The molecule has 2 unspecified atom stereocenters. The van der Waals surface area contributed by atoms with E-state index in [1.807, 2.05) is 13.8 Å². The van der Waals surface area contributed by atoms with E-state index in [0.717, 1.165) is 64.2 Å². The first-order valence-corrected chi connectivity index (χ1v) is 20.5. The van der Waals surface area contributed by atoms with Crippen LogP contribution in [0.3, 0.4) is 0 Å². The summed E-state index contributed by atoms with van der Waals surface area (Å²) >= 11 is 0. The Bertz CT molecular complexity index is 1030. The largest absolute Gasteiger partial charge is 0.481 e. The normalized spacial score (nSPS) is 11.9. The summed E-state index contributed by atoms with van der Waals surface area (Å²) in [5.74, 6) is -4.13. The molecule has 0 aliphatic carbocycles. The highest BCUT2D eigenvalue weighted by molar-refractivity contribution is 5.84. The zero-order valence-corrected chi connectivity index (χ0v) is 33.7. The first-order chi connectivity index (χ1) is 25.8. The molecule has 0 rings (SSSR count). The van der Waals surface area contributed by atoms with Crippen molar-refractivity contribution in [2.45, 2.75) is 175 Å². The van der Waals surface area contributed by atoms with Crippen LogP contribution in [0, 0.1) is 11.8 Å². The predicted octanol–water partition coefficient (Wildman–Crippen LogP) is 7.74. The molecule has 0 bridgehead atoms. The zero-order chi connectivity index (χ0) is 40.8. The minimum Gasteiger partial charge on any atom is -0.481 e. The van der Waals surface area contributed by atoms with Gasteiger partial charge in [-0.05, 0) is 46.0 Å². The number of carboxylic acids is 3. The van der Waals surface area contributed by atoms with E-state index in [1.54, 1.807) is 0 Å². The molecule has 0 aromatic carbocycles. The fourth-order valence-electron chi connectivity index (χ4n) is 5.80. The molecule has 4 N–H and O–H groups in total. The SMILES string of the molecule is CCC(=O)CCCCCC(CC(C)=O)C(=O)O.CCOCCOCCNC(=O)CCC(CC(=O)CCCCCCCCCCCCCCC(=O)O)C(=O)O. The Hall–Kier alpha value is -3.19. The average Bonchev–Trinajstić information content (AvgIpc) is 3.12. The predicted molar refractivity (Wildman–Crippen MR) is 207 cm³/mol. The van der Waals surface area contributed by atoms with Crippen molar-refractivity contribution in [2.24, 2.45) is 11.8 Å². The number of unbranched alkanes of at least 4 members (excludes halogenated alkanes) is 13. The number of carbonyl (C=O) groups excluding carboxylic acids is 4. The van der Waals surface area contributed by atoms with Crippen LogP contribution in [0.15, 0.2) is 0 Å². The molecule has 54 heavy (non-hydrogen) atoms. The summed E-state index contributed by atoms with van der Waals surface area (Å²) < 4.78 is 10.5. The number of aliphatic carboxylic acids is 3. The second-order valence-electron chi connectivity index (χ2n) is 14.0. The fraction of sp³-hybridized carbons (Fsp3) is 0.829. The van der Waals surface area contributed by atoms with Gasteiger partial charge < -0.3 is 34.9 Å². The third kappa shape index (κ3) is 38.5. The Balaban J connectivity index is 0. The van der Waals surface area contributed by atoms with E-state index >= 15 is 0 Å². The number of amides is 1. The lowest BCUT2D eigenvalue weighted by molar-refractivity contribution is -0.144. The summed E-state index contributed by atoms with van der Waals surface area (Å²) in [6, 6.07) is 0. The summed E-state index contributed by atoms with van der Waals surface area (Å²) in [4.78, 5) is 78.9. The highest BCUT2D eigenvalue weighted by Crippen LogP contribution is 2.18. The fourth-order valence-corrected chi connectivity index (χ4v) is 5.80. The van der Waals surface area contributed by atoms with Gasteiger partial charge in [-0.25, -0.2) is 0 Å². The summed E-state index contributed by atoms with van der Waals surface area (Å²) in [5.41, 5.74) is 0. The molecule has 0 fully saturated rings. The maximum absolute atomic E-state index is 12.2. The van der Waals surface area contributed by atoms with Gasteiger partial charge in [-0.15, -0.1) is 0 Å². The van der Waals surface area contributed by atoms with E-state index in [-0.39, 0.29) is 55.4 Å². The number of nitrogens with one attached hydrogen (secondary N) is 1. The highest BCUT2D eigenvalue weighted by Gasteiger charge is 2.22. The molecule has 0 saturated heterocycles. The molecular formula is C41H73NO12. The van der Waals surface area contributed by atoms with Gasteiger partial charge in [0.05, 0.1) is 31.7 Å². The van der Waals surface area contributed by atoms with Crippen LogP contribution in [0.25, 0.3) is 0 Å². The van der Waals surface area contributed by atoms with Gasteiger partial charge in [-0.3, -0.25) is 28.8 Å². The van der Waals surface area contributed by atoms with Crippen molar-refractivity contribution in [1.82, 2.24) is 5.32 Å². The zero-order valence-electron chi connectivity index (χ0n) is 33.7. The van der Waals surface area contributed by atoms with Crippen molar-refractivity contribution in [3.05, 3.63) is 0 Å². The summed E-state index contributed by atoms with van der Waals surface area (Å²) in [5, 5.41) is 29.6. The molecule has 0 aromatic heterocycles. The van der Waals surface area contributed by atoms with Crippen LogP contribution in [0.5, 0.6) is 0 Å². The van der Waals surface area contributed by atoms with Crippen LogP contribution in [-0.2, 0) is 43.0 Å². The minimum absolute atomic E-state index is 0.0144. The topological polar surface area (TPSA) is 211 Å². The lowest BCUT2D eigenvalue weighted by atomic mass is 9.94. The van der Waals surface area contributed by atoms with Crippen LogP contribution >= 0.6 is 0 Å². The van der Waals surface area contributed by atoms with E-state index < -0.39 is 29.7 Å². The molecule has 0 spiro atoms. The number of hydrogen-bond donors (Lipinski definition) is 4. The number of ether oxygens (including phenoxy) is 2. The van der Waals surface area contributed by atoms with Crippen molar-refractivity contribution in [1.29, 1.82) is 0 Å². The quantitative estimate of drug-likeness (QED) is 0.0444. The number of Topliss-reactive ketones (excluding diaryl/α,β-unsaturated/α-hetero) is 3. The standard InChI is InChI=1S/C28H51NO8.C13H22O4/c1-2-36-21-22-37-20-19-29-26(31)18-17-24(28(34)35)23-25(30)15-13-11-9-7-5-3-4-6-8-10-12-14-16-27(32)33;1-3-12(15)8-6-4-5-7-11(13(16)17)9-10(2)14/h24H,2-23H2,1H3,(H,29,31)(H,32,33)(H,34,35);11H,3-9H2,1-2H3,(H,16,17). The molecular weight excluding hydrogens is 698 g/mol. The van der Waals surface area contributed by atoms with Gasteiger partial charge in [0.15, 0.2) is 0 Å². The smallest absolute Gasteiger partial charge is 0.306 e. The Labute approximate surface area is 324 Å². The molecule has 2 atom stereocenters. The first kappa shape index (κ1) is 52.9. The first-order valence-electron chi connectivity index (χ1n) is 20.5. The summed E-state index contributed by atoms with van der Waals surface area (Å²) in [6.45, 7) is 7.51. The van der Waals surface area contributed by atoms with Crippen LogP contribution < -0.4 is 5.32 Å². The van der Waals surface area contributed by atoms with E-state index in [1.165, 1.54) is 39.0 Å². The molecule has 1 amide bonds.